The maximum absolute atomic E-state index is 13.8. The van der Waals surface area contributed by atoms with E-state index >= 15 is 0 Å². The Hall–Kier alpha value is -6.17. The molecule has 1 aromatic heterocycles. The number of hydrogen-bond acceptors (Lipinski definition) is 11. The van der Waals surface area contributed by atoms with E-state index in [1.165, 1.54) is 36.5 Å². The highest BCUT2D eigenvalue weighted by Crippen LogP contribution is 2.27. The Morgan fingerprint density at radius 3 is 2.22 bits per heavy atom. The number of fused-ring (bicyclic) bond motifs is 11. The summed E-state index contributed by atoms with van der Waals surface area (Å²) in [4.78, 5) is 57.1. The highest BCUT2D eigenvalue weighted by atomic mass is 32.2. The molecule has 2 bridgehead atoms. The van der Waals surface area contributed by atoms with Crippen molar-refractivity contribution in [3.8, 4) is 5.75 Å². The maximum Gasteiger partial charge on any atom is 0.295 e. The molecule has 16 nitrogen and oxygen atoms in total. The topological polar surface area (TPSA) is 251 Å². The van der Waals surface area contributed by atoms with E-state index in [-0.39, 0.29) is 52.9 Å². The van der Waals surface area contributed by atoms with Crippen LogP contribution in [0, 0.1) is 17.8 Å². The molecule has 4 aromatic rings. The van der Waals surface area contributed by atoms with E-state index in [4.69, 9.17) is 10.6 Å². The molecule has 0 fully saturated rings. The third-order valence-electron chi connectivity index (χ3n) is 9.68. The summed E-state index contributed by atoms with van der Waals surface area (Å²) in [6.45, 7) is 4.53. The quantitative estimate of drug-likeness (QED) is 0.0359. The third kappa shape index (κ3) is 11.5. The summed E-state index contributed by atoms with van der Waals surface area (Å²) in [7, 11) is -4.57. The Balaban J connectivity index is 1.21. The Morgan fingerprint density at radius 2 is 1.62 bits per heavy atom. The summed E-state index contributed by atoms with van der Waals surface area (Å²) in [6, 6.07) is 22.1. The van der Waals surface area contributed by atoms with Crippen molar-refractivity contribution in [2.45, 2.75) is 63.6 Å². The first-order valence-electron chi connectivity index (χ1n) is 18.7. The largest absolute Gasteiger partial charge is 0.494 e. The lowest BCUT2D eigenvalue weighted by atomic mass is 9.81. The second-order valence-corrected chi connectivity index (χ2v) is 15.7. The minimum Gasteiger partial charge on any atom is -0.494 e. The van der Waals surface area contributed by atoms with Gasteiger partial charge in [-0.05, 0) is 72.2 Å². The van der Waals surface area contributed by atoms with Crippen LogP contribution in [-0.2, 0) is 44.0 Å². The number of ether oxygens (including phenoxy) is 1. The fourth-order valence-electron chi connectivity index (χ4n) is 6.70. The van der Waals surface area contributed by atoms with Crippen molar-refractivity contribution in [3.63, 3.8) is 0 Å². The number of hydroxylamine groups is 1. The van der Waals surface area contributed by atoms with Gasteiger partial charge in [-0.3, -0.25) is 33.9 Å². The predicted molar refractivity (Wildman–Crippen MR) is 213 cm³/mol. The normalized spacial score (nSPS) is 17.7. The van der Waals surface area contributed by atoms with Crippen LogP contribution in [0.2, 0.25) is 0 Å². The van der Waals surface area contributed by atoms with Crippen molar-refractivity contribution < 1.29 is 42.1 Å². The first kappa shape index (κ1) is 43.0. The Labute approximate surface area is 336 Å². The number of nitrogens with two attached hydrogens (primary N) is 1. The van der Waals surface area contributed by atoms with Gasteiger partial charge < -0.3 is 26.5 Å². The number of carbonyl (C=O) groups excluding carboxylic acids is 4. The van der Waals surface area contributed by atoms with E-state index in [0.717, 1.165) is 16.7 Å². The van der Waals surface area contributed by atoms with Gasteiger partial charge in [-0.2, -0.15) is 13.5 Å². The zero-order valence-electron chi connectivity index (χ0n) is 32.1. The molecular weight excluding hydrogens is 767 g/mol. The Morgan fingerprint density at radius 1 is 0.948 bits per heavy atom. The fourth-order valence-corrected chi connectivity index (χ4v) is 7.39. The Bertz CT molecular complexity index is 2210. The van der Waals surface area contributed by atoms with Gasteiger partial charge in [0.1, 0.15) is 22.4 Å². The first-order chi connectivity index (χ1) is 27.8. The van der Waals surface area contributed by atoms with Gasteiger partial charge in [-0.15, -0.1) is 0 Å². The lowest BCUT2D eigenvalue weighted by Crippen LogP contribution is -2.51. The fraction of sp³-hybridized carbons (Fsp3) is 0.317. The summed E-state index contributed by atoms with van der Waals surface area (Å²) in [5.41, 5.74) is 4.50. The zero-order valence-corrected chi connectivity index (χ0v) is 32.9. The number of benzene rings is 3. The number of amides is 4. The third-order valence-corrected chi connectivity index (χ3v) is 10.6. The first-order valence-corrected chi connectivity index (χ1v) is 20.1. The molecule has 3 aromatic carbocycles. The molecule has 0 spiro atoms. The molecule has 6 rings (SSSR count). The molecule has 2 aliphatic rings. The lowest BCUT2D eigenvalue weighted by molar-refractivity contribution is -0.142. The van der Waals surface area contributed by atoms with Crippen LogP contribution in [-0.4, -0.2) is 65.2 Å². The highest BCUT2D eigenvalue weighted by Gasteiger charge is 2.36. The molecule has 8 N–H and O–H groups in total. The zero-order chi connectivity index (χ0) is 41.8. The molecule has 2 aliphatic heterocycles. The van der Waals surface area contributed by atoms with Crippen molar-refractivity contribution in [1.82, 2.24) is 26.4 Å². The van der Waals surface area contributed by atoms with E-state index in [1.807, 2.05) is 26.0 Å². The van der Waals surface area contributed by atoms with Crippen LogP contribution in [0.3, 0.4) is 0 Å². The summed E-state index contributed by atoms with van der Waals surface area (Å²) in [5, 5.41) is 21.8. The van der Waals surface area contributed by atoms with Crippen LogP contribution in [0.1, 0.15) is 71.4 Å². The summed E-state index contributed by atoms with van der Waals surface area (Å²) in [5.74, 6) is 2.66. The molecule has 3 unspecified atom stereocenters. The molecule has 0 saturated heterocycles. The molecule has 306 valence electrons. The number of pyridine rings is 1. The number of carbonyl (C=O) groups is 4. The predicted octanol–water partition coefficient (Wildman–Crippen LogP) is 3.27. The van der Waals surface area contributed by atoms with Crippen LogP contribution in [0.5, 0.6) is 5.75 Å². The van der Waals surface area contributed by atoms with Crippen molar-refractivity contribution in [2.24, 2.45) is 28.7 Å². The van der Waals surface area contributed by atoms with E-state index in [1.54, 1.807) is 47.9 Å². The van der Waals surface area contributed by atoms with Crippen molar-refractivity contribution in [2.75, 3.05) is 6.61 Å². The summed E-state index contributed by atoms with van der Waals surface area (Å²) >= 11 is 0. The minimum atomic E-state index is -4.57. The lowest BCUT2D eigenvalue weighted by Gasteiger charge is -2.29. The van der Waals surface area contributed by atoms with Gasteiger partial charge in [0.2, 0.25) is 17.7 Å². The molecule has 3 atom stereocenters. The van der Waals surface area contributed by atoms with Gasteiger partial charge >= 0.3 is 0 Å². The number of hydrogen-bond donors (Lipinski definition) is 7. The molecule has 0 saturated carbocycles. The second kappa shape index (κ2) is 19.8. The van der Waals surface area contributed by atoms with E-state index in [9.17, 15) is 37.4 Å². The van der Waals surface area contributed by atoms with Crippen LogP contribution in [0.4, 0.5) is 0 Å². The van der Waals surface area contributed by atoms with E-state index in [2.05, 4.69) is 26.0 Å². The van der Waals surface area contributed by atoms with Crippen LogP contribution >= 0.6 is 0 Å². The molecule has 4 amide bonds. The number of nitrogens with zero attached hydrogens (tertiary/aromatic N) is 2. The van der Waals surface area contributed by atoms with Gasteiger partial charge in [0, 0.05) is 37.2 Å². The number of nitrogens with one attached hydrogen (secondary N) is 4. The standard InChI is InChI=1S/C41H47N7O9S/c1-25(2)20-33-31(40(51)48-53)7-5-19-57-30-16-13-26(14-17-30)21-35(46-39(33)50)41(52)45-23-28-11-9-27(10-12-28)22-44-38(49)29-15-18-34(43-24-29)37(47-42)32-6-3-4-8-36(32)58(54,55)56/h3-4,6,8-18,24-25,31,33,35,53H,5,7,19-23,42H2,1-2H3,(H,44,49)(H,45,52)(H,46,50)(H,48,51)(H,54,55,56)/b47-37+. The van der Waals surface area contributed by atoms with Gasteiger partial charge in [0.15, 0.2) is 0 Å². The van der Waals surface area contributed by atoms with Crippen LogP contribution in [0.25, 0.3) is 0 Å². The SMILES string of the molecule is CC(C)CC1C(=O)NC(C(=O)NCc2ccc(CNC(=O)c3ccc(/C(=N/N)c4ccccc4S(=O)(=O)O)nc3)cc2)Cc2ccc(cc2)OCCCC1C(=O)NO. The molecule has 0 aliphatic carbocycles. The molecule has 3 heterocycles. The number of rotatable bonds is 12. The van der Waals surface area contributed by atoms with Gasteiger partial charge in [0.25, 0.3) is 16.0 Å². The van der Waals surface area contributed by atoms with Gasteiger partial charge in [-0.1, -0.05) is 68.4 Å². The van der Waals surface area contributed by atoms with Gasteiger partial charge in [-0.25, -0.2) is 5.48 Å². The summed E-state index contributed by atoms with van der Waals surface area (Å²) < 4.78 is 39.2. The van der Waals surface area contributed by atoms with E-state index < -0.39 is 51.6 Å². The van der Waals surface area contributed by atoms with Gasteiger partial charge in [0.05, 0.1) is 23.8 Å². The average Bonchev–Trinajstić information content (AvgIpc) is 3.21. The van der Waals surface area contributed by atoms with Crippen molar-refractivity contribution >= 4 is 39.5 Å². The number of aromatic nitrogens is 1. The molecule has 58 heavy (non-hydrogen) atoms. The van der Waals surface area contributed by atoms with Crippen LogP contribution in [0.15, 0.2) is 101 Å². The second-order valence-electron chi connectivity index (χ2n) is 14.3. The molecule has 0 radical (unpaired) electrons. The minimum absolute atomic E-state index is 0.00112. The van der Waals surface area contributed by atoms with Crippen molar-refractivity contribution in [1.29, 1.82) is 0 Å². The van der Waals surface area contributed by atoms with Crippen LogP contribution < -0.4 is 32.0 Å². The van der Waals surface area contributed by atoms with E-state index in [0.29, 0.717) is 31.6 Å². The monoisotopic (exact) mass is 813 g/mol. The maximum atomic E-state index is 13.8. The molecular formula is C41H47N7O9S. The number of hydrazone groups is 1. The highest BCUT2D eigenvalue weighted by molar-refractivity contribution is 7.86. The van der Waals surface area contributed by atoms with Crippen molar-refractivity contribution in [3.05, 3.63) is 125 Å². The molecule has 17 heteroatoms. The summed E-state index contributed by atoms with van der Waals surface area (Å²) in [6.07, 6.45) is 2.61. The smallest absolute Gasteiger partial charge is 0.295 e. The average molecular weight is 814 g/mol. The Kier molecular flexibility index (Phi) is 14.7.